The lowest BCUT2D eigenvalue weighted by Gasteiger charge is -2.12. The number of nitrogens with one attached hydrogen (secondary N) is 2. The number of aliphatic carboxylic acids is 1. The van der Waals surface area contributed by atoms with Crippen LogP contribution in [-0.2, 0) is 11.3 Å². The summed E-state index contributed by atoms with van der Waals surface area (Å²) in [5.41, 5.74) is 1.41. The van der Waals surface area contributed by atoms with Gasteiger partial charge in [0.25, 0.3) is 5.56 Å². The normalized spacial score (nSPS) is 16.2. The SMILES string of the molecule is O=C(O)C(NCc1nc2ccccc2[nH]c1=O)C1CC1. The third kappa shape index (κ3) is 2.55. The predicted octanol–water partition coefficient (Wildman–Crippen LogP) is 0.876. The van der Waals surface area contributed by atoms with Gasteiger partial charge in [-0.25, -0.2) is 4.98 Å². The molecule has 1 aliphatic carbocycles. The fraction of sp³-hybridized carbons (Fsp3) is 0.357. The van der Waals surface area contributed by atoms with Crippen LogP contribution in [0, 0.1) is 5.92 Å². The number of carboxylic acids is 1. The molecule has 2 aromatic rings. The lowest BCUT2D eigenvalue weighted by atomic mass is 10.2. The van der Waals surface area contributed by atoms with Gasteiger partial charge < -0.3 is 10.1 Å². The zero-order valence-electron chi connectivity index (χ0n) is 10.8. The highest BCUT2D eigenvalue weighted by Crippen LogP contribution is 2.32. The summed E-state index contributed by atoms with van der Waals surface area (Å²) in [6.45, 7) is 0.160. The Labute approximate surface area is 114 Å². The van der Waals surface area contributed by atoms with Crippen molar-refractivity contribution in [2.75, 3.05) is 0 Å². The van der Waals surface area contributed by atoms with Gasteiger partial charge in [0.1, 0.15) is 11.7 Å². The van der Waals surface area contributed by atoms with Crippen LogP contribution in [0.5, 0.6) is 0 Å². The van der Waals surface area contributed by atoms with E-state index in [2.05, 4.69) is 15.3 Å². The summed E-state index contributed by atoms with van der Waals surface area (Å²) in [7, 11) is 0. The molecule has 20 heavy (non-hydrogen) atoms. The summed E-state index contributed by atoms with van der Waals surface area (Å²) >= 11 is 0. The quantitative estimate of drug-likeness (QED) is 0.751. The highest BCUT2D eigenvalue weighted by Gasteiger charge is 2.35. The molecule has 0 spiro atoms. The number of fused-ring (bicyclic) bond motifs is 1. The van der Waals surface area contributed by atoms with Gasteiger partial charge in [0.2, 0.25) is 0 Å². The van der Waals surface area contributed by atoms with E-state index in [4.69, 9.17) is 5.11 Å². The third-order valence-electron chi connectivity index (χ3n) is 3.52. The zero-order valence-corrected chi connectivity index (χ0v) is 10.8. The molecule has 1 unspecified atom stereocenters. The molecular formula is C14H15N3O3. The molecule has 0 amide bonds. The minimum Gasteiger partial charge on any atom is -0.480 e. The Kier molecular flexibility index (Phi) is 3.23. The van der Waals surface area contributed by atoms with Gasteiger partial charge in [-0.05, 0) is 30.9 Å². The first-order chi connectivity index (χ1) is 9.65. The predicted molar refractivity (Wildman–Crippen MR) is 73.4 cm³/mol. The number of hydrogen-bond acceptors (Lipinski definition) is 4. The molecule has 3 rings (SSSR count). The van der Waals surface area contributed by atoms with Crippen molar-refractivity contribution in [1.82, 2.24) is 15.3 Å². The maximum atomic E-state index is 11.9. The number of aromatic nitrogens is 2. The molecule has 1 aliphatic rings. The van der Waals surface area contributed by atoms with E-state index in [1.165, 1.54) is 0 Å². The Morgan fingerprint density at radius 2 is 2.20 bits per heavy atom. The summed E-state index contributed by atoms with van der Waals surface area (Å²) in [4.78, 5) is 30.1. The average Bonchev–Trinajstić information content (AvgIpc) is 3.23. The van der Waals surface area contributed by atoms with Crippen LogP contribution in [-0.4, -0.2) is 27.1 Å². The third-order valence-corrected chi connectivity index (χ3v) is 3.52. The topological polar surface area (TPSA) is 95.1 Å². The minimum atomic E-state index is -0.871. The van der Waals surface area contributed by atoms with E-state index in [-0.39, 0.29) is 18.0 Å². The van der Waals surface area contributed by atoms with Crippen molar-refractivity contribution in [2.45, 2.75) is 25.4 Å². The van der Waals surface area contributed by atoms with E-state index in [1.807, 2.05) is 18.2 Å². The number of aromatic amines is 1. The first kappa shape index (κ1) is 12.8. The van der Waals surface area contributed by atoms with Crippen molar-refractivity contribution in [3.63, 3.8) is 0 Å². The molecule has 1 aromatic heterocycles. The standard InChI is InChI=1S/C14H15N3O3/c18-13-11(7-15-12(14(19)20)8-5-6-8)16-9-3-1-2-4-10(9)17-13/h1-4,8,12,15H,5-7H2,(H,17,18)(H,19,20). The van der Waals surface area contributed by atoms with Crippen molar-refractivity contribution in [1.29, 1.82) is 0 Å². The largest absolute Gasteiger partial charge is 0.480 e. The summed E-state index contributed by atoms with van der Waals surface area (Å²) < 4.78 is 0. The molecule has 0 bridgehead atoms. The Balaban J connectivity index is 1.81. The van der Waals surface area contributed by atoms with E-state index < -0.39 is 12.0 Å². The number of hydrogen-bond donors (Lipinski definition) is 3. The van der Waals surface area contributed by atoms with Crippen LogP contribution in [0.25, 0.3) is 11.0 Å². The van der Waals surface area contributed by atoms with Crippen LogP contribution in [0.4, 0.5) is 0 Å². The number of carboxylic acid groups (broad SMARTS) is 1. The van der Waals surface area contributed by atoms with Crippen molar-refractivity contribution >= 4 is 17.0 Å². The summed E-state index contributed by atoms with van der Waals surface area (Å²) in [6.07, 6.45) is 1.84. The van der Waals surface area contributed by atoms with Gasteiger partial charge in [0.15, 0.2) is 0 Å². The Hall–Kier alpha value is -2.21. The number of rotatable bonds is 5. The molecule has 0 saturated heterocycles. The monoisotopic (exact) mass is 273 g/mol. The number of benzene rings is 1. The van der Waals surface area contributed by atoms with E-state index in [0.717, 1.165) is 12.8 Å². The van der Waals surface area contributed by atoms with Crippen LogP contribution in [0.2, 0.25) is 0 Å². The molecule has 1 heterocycles. The summed E-state index contributed by atoms with van der Waals surface area (Å²) in [5.74, 6) is -0.697. The van der Waals surface area contributed by atoms with E-state index >= 15 is 0 Å². The van der Waals surface area contributed by atoms with Crippen molar-refractivity contribution in [2.24, 2.45) is 5.92 Å². The Morgan fingerprint density at radius 3 is 2.90 bits per heavy atom. The lowest BCUT2D eigenvalue weighted by Crippen LogP contribution is -2.39. The highest BCUT2D eigenvalue weighted by molar-refractivity contribution is 5.74. The second-order valence-corrected chi connectivity index (χ2v) is 5.06. The maximum Gasteiger partial charge on any atom is 0.320 e. The molecule has 0 aliphatic heterocycles. The second kappa shape index (κ2) is 5.05. The fourth-order valence-corrected chi connectivity index (χ4v) is 2.28. The van der Waals surface area contributed by atoms with Crippen LogP contribution in [0.1, 0.15) is 18.5 Å². The zero-order chi connectivity index (χ0) is 14.1. The van der Waals surface area contributed by atoms with Gasteiger partial charge >= 0.3 is 5.97 Å². The van der Waals surface area contributed by atoms with Gasteiger partial charge in [-0.1, -0.05) is 12.1 Å². The van der Waals surface area contributed by atoms with Gasteiger partial charge in [0, 0.05) is 6.54 Å². The molecule has 1 atom stereocenters. The van der Waals surface area contributed by atoms with Crippen molar-refractivity contribution in [3.8, 4) is 0 Å². The summed E-state index contributed by atoms with van der Waals surface area (Å²) in [6, 6.07) is 6.67. The fourth-order valence-electron chi connectivity index (χ4n) is 2.28. The first-order valence-electron chi connectivity index (χ1n) is 6.59. The molecule has 3 N–H and O–H groups in total. The number of H-pyrrole nitrogens is 1. The molecule has 1 fully saturated rings. The second-order valence-electron chi connectivity index (χ2n) is 5.06. The van der Waals surface area contributed by atoms with Gasteiger partial charge in [-0.3, -0.25) is 14.9 Å². The van der Waals surface area contributed by atoms with Crippen LogP contribution >= 0.6 is 0 Å². The number of carbonyl (C=O) groups is 1. The summed E-state index contributed by atoms with van der Waals surface area (Å²) in [5, 5.41) is 12.1. The van der Waals surface area contributed by atoms with Crippen LogP contribution in [0.15, 0.2) is 29.1 Å². The molecular weight excluding hydrogens is 258 g/mol. The maximum absolute atomic E-state index is 11.9. The molecule has 104 valence electrons. The molecule has 1 saturated carbocycles. The molecule has 1 aromatic carbocycles. The Morgan fingerprint density at radius 1 is 1.45 bits per heavy atom. The van der Waals surface area contributed by atoms with E-state index in [1.54, 1.807) is 6.07 Å². The smallest absolute Gasteiger partial charge is 0.320 e. The first-order valence-corrected chi connectivity index (χ1v) is 6.59. The number of para-hydroxylation sites is 2. The minimum absolute atomic E-state index is 0.160. The van der Waals surface area contributed by atoms with Crippen molar-refractivity contribution < 1.29 is 9.90 Å². The molecule has 0 radical (unpaired) electrons. The molecule has 6 nitrogen and oxygen atoms in total. The lowest BCUT2D eigenvalue weighted by molar-refractivity contribution is -0.140. The van der Waals surface area contributed by atoms with Crippen LogP contribution < -0.4 is 10.9 Å². The van der Waals surface area contributed by atoms with Gasteiger partial charge in [-0.15, -0.1) is 0 Å². The molecule has 6 heteroatoms. The van der Waals surface area contributed by atoms with Gasteiger partial charge in [-0.2, -0.15) is 0 Å². The van der Waals surface area contributed by atoms with E-state index in [9.17, 15) is 9.59 Å². The average molecular weight is 273 g/mol. The van der Waals surface area contributed by atoms with Gasteiger partial charge in [0.05, 0.1) is 11.0 Å². The highest BCUT2D eigenvalue weighted by atomic mass is 16.4. The number of nitrogens with zero attached hydrogens (tertiary/aromatic N) is 1. The Bertz CT molecular complexity index is 706. The van der Waals surface area contributed by atoms with Crippen molar-refractivity contribution in [3.05, 3.63) is 40.3 Å². The van der Waals surface area contributed by atoms with Crippen LogP contribution in [0.3, 0.4) is 0 Å². The van der Waals surface area contributed by atoms with E-state index in [0.29, 0.717) is 16.7 Å².